The zero-order chi connectivity index (χ0) is 10.2. The average Bonchev–Trinajstić information content (AvgIpc) is 2.05. The molecule has 0 aliphatic heterocycles. The number of quaternary nitrogens is 1. The second-order valence-corrected chi connectivity index (χ2v) is 3.55. The highest BCUT2D eigenvalue weighted by Gasteiger charge is 2.19. The molecule has 0 spiro atoms. The molecule has 4 nitrogen and oxygen atoms in total. The highest BCUT2D eigenvalue weighted by Crippen LogP contribution is 2.01. The van der Waals surface area contributed by atoms with Gasteiger partial charge in [0.2, 0.25) is 0 Å². The first-order valence-corrected chi connectivity index (χ1v) is 4.81. The number of hydrogen-bond acceptors (Lipinski definition) is 3. The standard InChI is InChI=1S/C9H22NO3.ClH/c1-3-8-13-9-10(2,4-6-11)5-7-12;/h11-12H,3-9H2,1-2H3;1H/q+1;/p-1. The van der Waals surface area contributed by atoms with E-state index in [9.17, 15) is 0 Å². The van der Waals surface area contributed by atoms with Crippen LogP contribution in [0.3, 0.4) is 0 Å². The predicted octanol–water partition coefficient (Wildman–Crippen LogP) is -3.19. The van der Waals surface area contributed by atoms with Crippen LogP contribution >= 0.6 is 0 Å². The second kappa shape index (κ2) is 9.68. The third kappa shape index (κ3) is 7.53. The van der Waals surface area contributed by atoms with Gasteiger partial charge in [-0.15, -0.1) is 0 Å². The number of ether oxygens (including phenoxy) is 1. The van der Waals surface area contributed by atoms with E-state index in [2.05, 4.69) is 6.92 Å². The van der Waals surface area contributed by atoms with E-state index in [-0.39, 0.29) is 25.6 Å². The summed E-state index contributed by atoms with van der Waals surface area (Å²) in [6.07, 6.45) is 0.998. The zero-order valence-corrected chi connectivity index (χ0v) is 9.83. The van der Waals surface area contributed by atoms with Crippen LogP contribution in [0, 0.1) is 0 Å². The molecule has 0 aromatic heterocycles. The van der Waals surface area contributed by atoms with Gasteiger partial charge in [-0.05, 0) is 6.42 Å². The minimum atomic E-state index is 0. The maximum Gasteiger partial charge on any atom is 0.183 e. The molecule has 0 amide bonds. The van der Waals surface area contributed by atoms with Gasteiger partial charge in [0.1, 0.15) is 13.1 Å². The summed E-state index contributed by atoms with van der Waals surface area (Å²) in [5.41, 5.74) is 0. The fourth-order valence-corrected chi connectivity index (χ4v) is 1.15. The largest absolute Gasteiger partial charge is 1.00 e. The van der Waals surface area contributed by atoms with Crippen molar-refractivity contribution in [3.8, 4) is 0 Å². The molecule has 0 aliphatic carbocycles. The van der Waals surface area contributed by atoms with Crippen molar-refractivity contribution in [3.05, 3.63) is 0 Å². The quantitative estimate of drug-likeness (QED) is 0.261. The number of hydrogen-bond donors (Lipinski definition) is 2. The lowest BCUT2D eigenvalue weighted by atomic mass is 10.4. The number of nitrogens with zero attached hydrogens (tertiary/aromatic N) is 1. The van der Waals surface area contributed by atoms with Gasteiger partial charge in [0.25, 0.3) is 0 Å². The average molecular weight is 228 g/mol. The molecule has 0 bridgehead atoms. The second-order valence-electron chi connectivity index (χ2n) is 3.55. The highest BCUT2D eigenvalue weighted by atomic mass is 35.5. The first kappa shape index (κ1) is 16.6. The van der Waals surface area contributed by atoms with Gasteiger partial charge in [-0.1, -0.05) is 6.92 Å². The fourth-order valence-electron chi connectivity index (χ4n) is 1.15. The lowest BCUT2D eigenvalue weighted by Gasteiger charge is -2.32. The van der Waals surface area contributed by atoms with Crippen molar-refractivity contribution in [2.45, 2.75) is 13.3 Å². The van der Waals surface area contributed by atoms with Crippen LogP contribution in [-0.4, -0.2) is 61.4 Å². The van der Waals surface area contributed by atoms with E-state index in [1.807, 2.05) is 7.05 Å². The summed E-state index contributed by atoms with van der Waals surface area (Å²) in [5, 5.41) is 17.7. The summed E-state index contributed by atoms with van der Waals surface area (Å²) in [5.74, 6) is 0. The van der Waals surface area contributed by atoms with Crippen LogP contribution in [0.5, 0.6) is 0 Å². The van der Waals surface area contributed by atoms with Crippen molar-refractivity contribution in [1.82, 2.24) is 0 Å². The molecule has 0 fully saturated rings. The van der Waals surface area contributed by atoms with Crippen molar-refractivity contribution >= 4 is 0 Å². The van der Waals surface area contributed by atoms with Gasteiger partial charge in [-0.2, -0.15) is 0 Å². The molecule has 0 aromatic rings. The first-order valence-electron chi connectivity index (χ1n) is 4.81. The Balaban J connectivity index is 0. The van der Waals surface area contributed by atoms with Crippen molar-refractivity contribution in [3.63, 3.8) is 0 Å². The molecule has 0 heterocycles. The van der Waals surface area contributed by atoms with Crippen LogP contribution in [0.4, 0.5) is 0 Å². The maximum absolute atomic E-state index is 8.83. The molecular formula is C9H22ClNO3. The zero-order valence-electron chi connectivity index (χ0n) is 9.08. The van der Waals surface area contributed by atoms with Gasteiger partial charge < -0.3 is 27.4 Å². The Kier molecular flexibility index (Phi) is 11.4. The summed E-state index contributed by atoms with van der Waals surface area (Å²) < 4.78 is 5.98. The molecule has 0 aromatic carbocycles. The van der Waals surface area contributed by atoms with Gasteiger partial charge in [-0.3, -0.25) is 4.48 Å². The third-order valence-electron chi connectivity index (χ3n) is 2.03. The fraction of sp³-hybridized carbons (Fsp3) is 1.00. The molecule has 2 N–H and O–H groups in total. The summed E-state index contributed by atoms with van der Waals surface area (Å²) in [6, 6.07) is 0. The molecular weight excluding hydrogens is 206 g/mol. The number of rotatable bonds is 8. The third-order valence-corrected chi connectivity index (χ3v) is 2.03. The van der Waals surface area contributed by atoms with Crippen molar-refractivity contribution in [2.24, 2.45) is 0 Å². The van der Waals surface area contributed by atoms with Gasteiger partial charge in [0.15, 0.2) is 6.73 Å². The van der Waals surface area contributed by atoms with E-state index in [1.54, 1.807) is 0 Å². The Hall–Kier alpha value is 0.130. The monoisotopic (exact) mass is 227 g/mol. The molecule has 0 saturated carbocycles. The molecule has 0 atom stereocenters. The van der Waals surface area contributed by atoms with Crippen molar-refractivity contribution in [1.29, 1.82) is 0 Å². The molecule has 0 unspecified atom stereocenters. The maximum atomic E-state index is 8.83. The highest BCUT2D eigenvalue weighted by molar-refractivity contribution is 4.34. The lowest BCUT2D eigenvalue weighted by molar-refractivity contribution is -0.928. The number of halogens is 1. The summed E-state index contributed by atoms with van der Waals surface area (Å²) in [7, 11) is 1.97. The summed E-state index contributed by atoms with van der Waals surface area (Å²) >= 11 is 0. The Bertz CT molecular complexity index is 119. The van der Waals surface area contributed by atoms with Crippen LogP contribution in [0.25, 0.3) is 0 Å². The summed E-state index contributed by atoms with van der Waals surface area (Å²) in [6.45, 7) is 4.88. The molecule has 0 rings (SSSR count). The molecule has 0 radical (unpaired) electrons. The van der Waals surface area contributed by atoms with Crippen LogP contribution in [-0.2, 0) is 4.74 Å². The van der Waals surface area contributed by atoms with E-state index < -0.39 is 0 Å². The van der Waals surface area contributed by atoms with Gasteiger partial charge in [0.05, 0.1) is 26.9 Å². The van der Waals surface area contributed by atoms with Crippen LogP contribution in [0.1, 0.15) is 13.3 Å². The van der Waals surface area contributed by atoms with Gasteiger partial charge in [-0.25, -0.2) is 0 Å². The number of aliphatic hydroxyl groups is 2. The molecule has 14 heavy (non-hydrogen) atoms. The first-order chi connectivity index (χ1) is 6.18. The van der Waals surface area contributed by atoms with Crippen molar-refractivity contribution < 1.29 is 31.8 Å². The Morgan fingerprint density at radius 3 is 2.00 bits per heavy atom. The SMILES string of the molecule is CCCOC[N+](C)(CCO)CCO.[Cl-]. The minimum absolute atomic E-state index is 0. The van der Waals surface area contributed by atoms with E-state index in [0.717, 1.165) is 13.0 Å². The topological polar surface area (TPSA) is 49.7 Å². The van der Waals surface area contributed by atoms with Gasteiger partial charge in [0, 0.05) is 0 Å². The molecule has 88 valence electrons. The predicted molar refractivity (Wildman–Crippen MR) is 51.2 cm³/mol. The van der Waals surface area contributed by atoms with Crippen LogP contribution < -0.4 is 12.4 Å². The Labute approximate surface area is 92.5 Å². The van der Waals surface area contributed by atoms with E-state index in [1.165, 1.54) is 0 Å². The lowest BCUT2D eigenvalue weighted by Crippen LogP contribution is -3.00. The number of aliphatic hydroxyl groups excluding tert-OH is 2. The van der Waals surface area contributed by atoms with E-state index >= 15 is 0 Å². The Morgan fingerprint density at radius 1 is 1.14 bits per heavy atom. The minimum Gasteiger partial charge on any atom is -1.00 e. The normalized spacial score (nSPS) is 11.1. The van der Waals surface area contributed by atoms with E-state index in [4.69, 9.17) is 14.9 Å². The van der Waals surface area contributed by atoms with Crippen LogP contribution in [0.2, 0.25) is 0 Å². The molecule has 5 heteroatoms. The Morgan fingerprint density at radius 2 is 1.64 bits per heavy atom. The van der Waals surface area contributed by atoms with E-state index in [0.29, 0.717) is 24.3 Å². The molecule has 0 aliphatic rings. The smallest absolute Gasteiger partial charge is 0.183 e. The van der Waals surface area contributed by atoms with Crippen molar-refractivity contribution in [2.75, 3.05) is 46.7 Å². The van der Waals surface area contributed by atoms with Gasteiger partial charge >= 0.3 is 0 Å². The summed E-state index contributed by atoms with van der Waals surface area (Å²) in [4.78, 5) is 0. The van der Waals surface area contributed by atoms with Crippen LogP contribution in [0.15, 0.2) is 0 Å². The number of likely N-dealkylation sites (N-methyl/N-ethyl adjacent to an activating group) is 1. The molecule has 0 saturated heterocycles.